The van der Waals surface area contributed by atoms with Gasteiger partial charge in [0, 0.05) is 6.42 Å². The third-order valence-electron chi connectivity index (χ3n) is 8.63. The van der Waals surface area contributed by atoms with Gasteiger partial charge in [-0.1, -0.05) is 175 Å². The Kier molecular flexibility index (Phi) is 17.6. The van der Waals surface area contributed by atoms with Crippen molar-refractivity contribution in [1.82, 2.24) is 0 Å². The molecule has 0 unspecified atom stereocenters. The fourth-order valence-corrected chi connectivity index (χ4v) is 6.04. The number of ketones is 1. The van der Waals surface area contributed by atoms with Crippen LogP contribution in [0.5, 0.6) is 0 Å². The lowest BCUT2D eigenvalue weighted by atomic mass is 9.80. The molecule has 0 saturated heterocycles. The van der Waals surface area contributed by atoms with E-state index < -0.39 is 23.6 Å². The minimum absolute atomic E-state index is 0.185. The smallest absolute Gasteiger partial charge is 0.349 e. The number of hydrogen-bond donors (Lipinski definition) is 0. The predicted molar refractivity (Wildman–Crippen MR) is 187 cm³/mol. The lowest BCUT2D eigenvalue weighted by Crippen LogP contribution is -2.40. The van der Waals surface area contributed by atoms with Crippen LogP contribution in [0.1, 0.15) is 120 Å². The highest BCUT2D eigenvalue weighted by molar-refractivity contribution is 5.96. The van der Waals surface area contributed by atoms with Crippen molar-refractivity contribution in [3.05, 3.63) is 108 Å². The first-order chi connectivity index (χ1) is 23.0. The van der Waals surface area contributed by atoms with Gasteiger partial charge in [0.2, 0.25) is 6.10 Å². The van der Waals surface area contributed by atoms with Crippen molar-refractivity contribution in [2.75, 3.05) is 13.7 Å². The second-order valence-corrected chi connectivity index (χ2v) is 12.3. The Morgan fingerprint density at radius 1 is 0.596 bits per heavy atom. The average Bonchev–Trinajstić information content (AvgIpc) is 3.11. The fourth-order valence-electron chi connectivity index (χ4n) is 6.04. The molecule has 0 aliphatic heterocycles. The van der Waals surface area contributed by atoms with Crippen LogP contribution in [0.2, 0.25) is 0 Å². The van der Waals surface area contributed by atoms with E-state index in [0.717, 1.165) is 36.0 Å². The van der Waals surface area contributed by atoms with Crippen LogP contribution in [0.25, 0.3) is 0 Å². The molecule has 1 atom stereocenters. The first kappa shape index (κ1) is 37.7. The van der Waals surface area contributed by atoms with Crippen molar-refractivity contribution in [3.63, 3.8) is 0 Å². The maximum Gasteiger partial charge on any atom is 0.349 e. The van der Waals surface area contributed by atoms with Crippen LogP contribution in [0.4, 0.5) is 0 Å². The normalized spacial score (nSPS) is 12.0. The van der Waals surface area contributed by atoms with Gasteiger partial charge in [-0.3, -0.25) is 9.59 Å². The summed E-state index contributed by atoms with van der Waals surface area (Å²) in [5.74, 6) is -1.69. The van der Waals surface area contributed by atoms with Gasteiger partial charge in [0.25, 0.3) is 0 Å². The van der Waals surface area contributed by atoms with E-state index in [9.17, 15) is 14.4 Å². The Morgan fingerprint density at radius 2 is 1.00 bits per heavy atom. The number of benzene rings is 3. The van der Waals surface area contributed by atoms with Crippen molar-refractivity contribution in [2.45, 2.75) is 115 Å². The molecule has 0 aliphatic rings. The van der Waals surface area contributed by atoms with Crippen LogP contribution in [0.15, 0.2) is 91.0 Å². The van der Waals surface area contributed by atoms with E-state index in [1.807, 2.05) is 91.0 Å². The molecule has 0 aliphatic carbocycles. The third-order valence-corrected chi connectivity index (χ3v) is 8.63. The number of methoxy groups -OCH3 is 1. The number of carbonyl (C=O) groups excluding carboxylic acids is 3. The van der Waals surface area contributed by atoms with Gasteiger partial charge in [-0.2, -0.15) is 0 Å². The minimum atomic E-state index is -1.34. The lowest BCUT2D eigenvalue weighted by molar-refractivity contribution is -0.173. The first-order valence-corrected chi connectivity index (χ1v) is 17.6. The minimum Gasteiger partial charge on any atom is -0.466 e. The summed E-state index contributed by atoms with van der Waals surface area (Å²) in [5, 5.41) is 0. The molecule has 3 aromatic carbocycles. The number of Topliss-reactive ketones (excluding diaryl/α,β-unsaturated/α-hetero) is 1. The van der Waals surface area contributed by atoms with Gasteiger partial charge in [-0.15, -0.1) is 0 Å². The van der Waals surface area contributed by atoms with E-state index >= 15 is 0 Å². The van der Waals surface area contributed by atoms with Gasteiger partial charge in [0.15, 0.2) is 0 Å². The quantitative estimate of drug-likeness (QED) is 0.0419. The Labute approximate surface area is 282 Å². The second kappa shape index (κ2) is 21.9. The largest absolute Gasteiger partial charge is 0.466 e. The van der Waals surface area contributed by atoms with Crippen molar-refractivity contribution < 1.29 is 28.6 Å². The summed E-state index contributed by atoms with van der Waals surface area (Å²) < 4.78 is 17.2. The molecular weight excluding hydrogens is 588 g/mol. The lowest BCUT2D eigenvalue weighted by Gasteiger charge is -2.36. The Balaban J connectivity index is 1.52. The maximum absolute atomic E-state index is 12.8. The summed E-state index contributed by atoms with van der Waals surface area (Å²) in [6.45, 7) is 1.98. The highest BCUT2D eigenvalue weighted by Crippen LogP contribution is 2.40. The fraction of sp³-hybridized carbons (Fsp3) is 0.488. The number of hydrogen-bond acceptors (Lipinski definition) is 6. The van der Waals surface area contributed by atoms with Crippen LogP contribution < -0.4 is 0 Å². The number of ether oxygens (including phenoxy) is 3. The molecule has 0 N–H and O–H groups in total. The predicted octanol–water partition coefficient (Wildman–Crippen LogP) is 9.52. The van der Waals surface area contributed by atoms with Gasteiger partial charge in [-0.05, 0) is 23.1 Å². The van der Waals surface area contributed by atoms with E-state index in [-0.39, 0.29) is 18.8 Å². The monoisotopic (exact) mass is 642 g/mol. The SMILES string of the molecule is CCCCCCCCCCCCCCCC(=O)CC(=O)O[C@H](COC(c1ccccc1)(c1ccccc1)c1ccccc1)C(=O)OC. The average molecular weight is 643 g/mol. The van der Waals surface area contributed by atoms with E-state index in [1.165, 1.54) is 71.3 Å². The molecular formula is C41H54O6. The number of rotatable bonds is 24. The molecule has 6 nitrogen and oxygen atoms in total. The van der Waals surface area contributed by atoms with Crippen molar-refractivity contribution in [2.24, 2.45) is 0 Å². The molecule has 0 radical (unpaired) electrons. The number of carbonyl (C=O) groups is 3. The summed E-state index contributed by atoms with van der Waals surface area (Å²) in [6, 6.07) is 29.2. The topological polar surface area (TPSA) is 78.9 Å². The van der Waals surface area contributed by atoms with E-state index in [1.54, 1.807) is 0 Å². The van der Waals surface area contributed by atoms with Gasteiger partial charge in [0.05, 0.1) is 13.7 Å². The molecule has 0 aromatic heterocycles. The summed E-state index contributed by atoms with van der Waals surface area (Å²) in [5.41, 5.74) is 1.44. The van der Waals surface area contributed by atoms with Gasteiger partial charge >= 0.3 is 11.9 Å². The second-order valence-electron chi connectivity index (χ2n) is 12.3. The summed E-state index contributed by atoms with van der Waals surface area (Å²) >= 11 is 0. The maximum atomic E-state index is 12.8. The number of esters is 2. The first-order valence-electron chi connectivity index (χ1n) is 17.6. The van der Waals surface area contributed by atoms with Gasteiger partial charge < -0.3 is 14.2 Å². The molecule has 254 valence electrons. The summed E-state index contributed by atoms with van der Waals surface area (Å²) in [4.78, 5) is 38.2. The molecule has 0 heterocycles. The van der Waals surface area contributed by atoms with Crippen LogP contribution >= 0.6 is 0 Å². The molecule has 0 amide bonds. The van der Waals surface area contributed by atoms with Gasteiger partial charge in [-0.25, -0.2) is 4.79 Å². The molecule has 0 saturated carbocycles. The zero-order valence-electron chi connectivity index (χ0n) is 28.5. The van der Waals surface area contributed by atoms with Crippen LogP contribution in [0.3, 0.4) is 0 Å². The molecule has 47 heavy (non-hydrogen) atoms. The van der Waals surface area contributed by atoms with Crippen molar-refractivity contribution in [1.29, 1.82) is 0 Å². The molecule has 0 fully saturated rings. The highest BCUT2D eigenvalue weighted by atomic mass is 16.6. The third kappa shape index (κ3) is 12.7. The molecule has 3 rings (SSSR count). The van der Waals surface area contributed by atoms with Gasteiger partial charge in [0.1, 0.15) is 17.8 Å². The Bertz CT molecular complexity index is 1190. The number of unbranched alkanes of at least 4 members (excludes halogenated alkanes) is 12. The summed E-state index contributed by atoms with van der Waals surface area (Å²) in [7, 11) is 1.24. The van der Waals surface area contributed by atoms with E-state index in [0.29, 0.717) is 6.42 Å². The van der Waals surface area contributed by atoms with Crippen LogP contribution in [0, 0.1) is 0 Å². The van der Waals surface area contributed by atoms with Crippen LogP contribution in [-0.2, 0) is 34.2 Å². The van der Waals surface area contributed by atoms with Crippen LogP contribution in [-0.4, -0.2) is 37.5 Å². The zero-order chi connectivity index (χ0) is 33.6. The molecule has 6 heteroatoms. The summed E-state index contributed by atoms with van der Waals surface area (Å²) in [6.07, 6.45) is 14.5. The Morgan fingerprint density at radius 3 is 1.40 bits per heavy atom. The zero-order valence-corrected chi connectivity index (χ0v) is 28.5. The van der Waals surface area contributed by atoms with E-state index in [2.05, 4.69) is 6.92 Å². The van der Waals surface area contributed by atoms with E-state index in [4.69, 9.17) is 14.2 Å². The molecule has 3 aromatic rings. The highest BCUT2D eigenvalue weighted by Gasteiger charge is 2.39. The molecule has 0 bridgehead atoms. The van der Waals surface area contributed by atoms with Crippen molar-refractivity contribution in [3.8, 4) is 0 Å². The Hall–Kier alpha value is -3.77. The molecule has 0 spiro atoms. The standard InChI is InChI=1S/C41H54O6/c1-3-4-5-6-7-8-9-10-11-12-13-14-24-31-37(42)32-39(43)47-38(40(44)45-2)33-46-41(34-25-18-15-19-26-34,35-27-20-16-21-28-35)36-29-22-17-23-30-36/h15-23,25-30,38H,3-14,24,31-33H2,1-2H3/t38-/m1/s1. The van der Waals surface area contributed by atoms with Crippen molar-refractivity contribution >= 4 is 17.7 Å².